The number of carbonyl (C=O) groups is 2. The SMILES string of the molecule is O=C(C[C@@H]1C[C@H]2CC[C@@H]1C2)NNC(=O)c1ccc2c(c1)OCO2. The fourth-order valence-corrected chi connectivity index (χ4v) is 4.15. The number of rotatable bonds is 3. The highest BCUT2D eigenvalue weighted by atomic mass is 16.7. The van der Waals surface area contributed by atoms with E-state index in [1.54, 1.807) is 18.2 Å². The van der Waals surface area contributed by atoms with Crippen molar-refractivity contribution in [2.75, 3.05) is 6.79 Å². The molecule has 3 aliphatic rings. The summed E-state index contributed by atoms with van der Waals surface area (Å²) >= 11 is 0. The van der Waals surface area contributed by atoms with Gasteiger partial charge in [-0.05, 0) is 55.2 Å². The first-order valence-corrected chi connectivity index (χ1v) is 8.18. The Morgan fingerprint density at radius 3 is 2.74 bits per heavy atom. The predicted molar refractivity (Wildman–Crippen MR) is 81.7 cm³/mol. The average Bonchev–Trinajstić information content (AvgIpc) is 3.27. The summed E-state index contributed by atoms with van der Waals surface area (Å²) in [5.74, 6) is 2.71. The fourth-order valence-electron chi connectivity index (χ4n) is 4.15. The molecule has 6 heteroatoms. The summed E-state index contributed by atoms with van der Waals surface area (Å²) in [6.07, 6.45) is 5.52. The molecular formula is C17H20N2O4. The lowest BCUT2D eigenvalue weighted by Gasteiger charge is -2.20. The Kier molecular flexibility index (Phi) is 3.59. The number of amides is 2. The number of benzene rings is 1. The first kappa shape index (κ1) is 14.4. The van der Waals surface area contributed by atoms with Crippen molar-refractivity contribution in [3.8, 4) is 11.5 Å². The van der Waals surface area contributed by atoms with E-state index in [-0.39, 0.29) is 18.6 Å². The van der Waals surface area contributed by atoms with E-state index >= 15 is 0 Å². The van der Waals surface area contributed by atoms with Crippen LogP contribution in [0.3, 0.4) is 0 Å². The zero-order chi connectivity index (χ0) is 15.8. The maximum Gasteiger partial charge on any atom is 0.269 e. The average molecular weight is 316 g/mol. The minimum Gasteiger partial charge on any atom is -0.454 e. The Bertz CT molecular complexity index is 645. The van der Waals surface area contributed by atoms with Crippen molar-refractivity contribution in [1.29, 1.82) is 0 Å². The molecule has 0 saturated heterocycles. The van der Waals surface area contributed by atoms with Gasteiger partial charge in [0.1, 0.15) is 0 Å². The van der Waals surface area contributed by atoms with E-state index in [1.165, 1.54) is 19.3 Å². The van der Waals surface area contributed by atoms with Gasteiger partial charge in [-0.15, -0.1) is 0 Å². The normalized spacial score (nSPS) is 27.0. The number of carbonyl (C=O) groups excluding carboxylic acids is 2. The Hall–Kier alpha value is -2.24. The third-order valence-electron chi connectivity index (χ3n) is 5.28. The lowest BCUT2D eigenvalue weighted by molar-refractivity contribution is -0.123. The van der Waals surface area contributed by atoms with Gasteiger partial charge < -0.3 is 9.47 Å². The van der Waals surface area contributed by atoms with Crippen LogP contribution in [0.2, 0.25) is 0 Å². The number of hydrogen-bond acceptors (Lipinski definition) is 4. The molecule has 6 nitrogen and oxygen atoms in total. The summed E-state index contributed by atoms with van der Waals surface area (Å²) in [6, 6.07) is 4.94. The number of ether oxygens (including phenoxy) is 2. The third kappa shape index (κ3) is 2.85. The molecule has 2 bridgehead atoms. The van der Waals surface area contributed by atoms with Crippen molar-refractivity contribution in [3.63, 3.8) is 0 Å². The van der Waals surface area contributed by atoms with Gasteiger partial charge in [0, 0.05) is 12.0 Å². The first-order chi connectivity index (χ1) is 11.2. The number of nitrogens with one attached hydrogen (secondary N) is 2. The third-order valence-corrected chi connectivity index (χ3v) is 5.28. The Morgan fingerprint density at radius 2 is 1.96 bits per heavy atom. The predicted octanol–water partition coefficient (Wildman–Crippen LogP) is 2.00. The van der Waals surface area contributed by atoms with Gasteiger partial charge in [-0.1, -0.05) is 6.42 Å². The van der Waals surface area contributed by atoms with E-state index < -0.39 is 0 Å². The topological polar surface area (TPSA) is 76.7 Å². The summed E-state index contributed by atoms with van der Waals surface area (Å²) in [6.45, 7) is 0.167. The van der Waals surface area contributed by atoms with Crippen LogP contribution in [0.4, 0.5) is 0 Å². The van der Waals surface area contributed by atoms with Crippen LogP contribution >= 0.6 is 0 Å². The van der Waals surface area contributed by atoms with Gasteiger partial charge >= 0.3 is 0 Å². The monoisotopic (exact) mass is 316 g/mol. The maximum atomic E-state index is 12.1. The van der Waals surface area contributed by atoms with Gasteiger partial charge in [-0.3, -0.25) is 20.4 Å². The molecule has 2 N–H and O–H groups in total. The van der Waals surface area contributed by atoms with Gasteiger partial charge in [0.15, 0.2) is 11.5 Å². The molecule has 2 aliphatic carbocycles. The molecule has 1 aromatic carbocycles. The zero-order valence-electron chi connectivity index (χ0n) is 12.8. The summed E-state index contributed by atoms with van der Waals surface area (Å²) in [4.78, 5) is 24.1. The summed E-state index contributed by atoms with van der Waals surface area (Å²) in [7, 11) is 0. The summed E-state index contributed by atoms with van der Waals surface area (Å²) in [5, 5.41) is 0. The van der Waals surface area contributed by atoms with Crippen LogP contribution in [0.15, 0.2) is 18.2 Å². The van der Waals surface area contributed by atoms with Crippen molar-refractivity contribution in [2.45, 2.75) is 32.1 Å². The molecule has 23 heavy (non-hydrogen) atoms. The summed E-state index contributed by atoms with van der Waals surface area (Å²) < 4.78 is 10.4. The Labute approximate surface area is 134 Å². The van der Waals surface area contributed by atoms with Crippen LogP contribution in [0.5, 0.6) is 11.5 Å². The highest BCUT2D eigenvalue weighted by Crippen LogP contribution is 2.49. The van der Waals surface area contributed by atoms with E-state index in [0.29, 0.717) is 35.3 Å². The lowest BCUT2D eigenvalue weighted by atomic mass is 9.86. The Morgan fingerprint density at radius 1 is 1.09 bits per heavy atom. The zero-order valence-corrected chi connectivity index (χ0v) is 12.8. The Balaban J connectivity index is 1.28. The van der Waals surface area contributed by atoms with Crippen molar-refractivity contribution in [2.24, 2.45) is 17.8 Å². The number of fused-ring (bicyclic) bond motifs is 3. The number of hydrazine groups is 1. The molecule has 122 valence electrons. The van der Waals surface area contributed by atoms with E-state index in [4.69, 9.17) is 9.47 Å². The van der Waals surface area contributed by atoms with E-state index in [1.807, 2.05) is 0 Å². The molecule has 2 saturated carbocycles. The van der Waals surface area contributed by atoms with Gasteiger partial charge in [-0.2, -0.15) is 0 Å². The minimum atomic E-state index is -0.357. The molecule has 1 heterocycles. The fraction of sp³-hybridized carbons (Fsp3) is 0.529. The molecule has 0 radical (unpaired) electrons. The van der Waals surface area contributed by atoms with Gasteiger partial charge in [0.2, 0.25) is 12.7 Å². The quantitative estimate of drug-likeness (QED) is 0.836. The van der Waals surface area contributed by atoms with Crippen LogP contribution in [0.25, 0.3) is 0 Å². The second kappa shape index (κ2) is 5.76. The van der Waals surface area contributed by atoms with Crippen molar-refractivity contribution < 1.29 is 19.1 Å². The van der Waals surface area contributed by atoms with Crippen LogP contribution in [0, 0.1) is 17.8 Å². The molecule has 1 aliphatic heterocycles. The van der Waals surface area contributed by atoms with Gasteiger partial charge in [0.25, 0.3) is 5.91 Å². The van der Waals surface area contributed by atoms with E-state index in [2.05, 4.69) is 10.9 Å². The molecule has 0 aromatic heterocycles. The minimum absolute atomic E-state index is 0.114. The van der Waals surface area contributed by atoms with Crippen LogP contribution < -0.4 is 20.3 Å². The second-order valence-corrected chi connectivity index (χ2v) is 6.71. The molecule has 0 unspecified atom stereocenters. The lowest BCUT2D eigenvalue weighted by Crippen LogP contribution is -2.42. The second-order valence-electron chi connectivity index (χ2n) is 6.71. The molecular weight excluding hydrogens is 296 g/mol. The highest BCUT2D eigenvalue weighted by Gasteiger charge is 2.40. The van der Waals surface area contributed by atoms with Crippen LogP contribution in [-0.2, 0) is 4.79 Å². The van der Waals surface area contributed by atoms with Crippen molar-refractivity contribution in [1.82, 2.24) is 10.9 Å². The van der Waals surface area contributed by atoms with E-state index in [9.17, 15) is 9.59 Å². The van der Waals surface area contributed by atoms with Crippen LogP contribution in [0.1, 0.15) is 42.5 Å². The first-order valence-electron chi connectivity index (χ1n) is 8.18. The summed E-state index contributed by atoms with van der Waals surface area (Å²) in [5.41, 5.74) is 5.42. The maximum absolute atomic E-state index is 12.1. The molecule has 3 atom stereocenters. The molecule has 0 spiro atoms. The van der Waals surface area contributed by atoms with Crippen molar-refractivity contribution in [3.05, 3.63) is 23.8 Å². The van der Waals surface area contributed by atoms with Crippen molar-refractivity contribution >= 4 is 11.8 Å². The number of hydrogen-bond donors (Lipinski definition) is 2. The molecule has 1 aromatic rings. The standard InChI is InChI=1S/C17H20N2O4/c20-16(8-13-6-10-1-2-11(13)5-10)18-19-17(21)12-3-4-14-15(7-12)23-9-22-14/h3-4,7,10-11,13H,1-2,5-6,8-9H2,(H,18,20)(H,19,21)/t10-,11+,13-/m0/s1. The van der Waals surface area contributed by atoms with Gasteiger partial charge in [-0.25, -0.2) is 0 Å². The molecule has 2 fully saturated rings. The van der Waals surface area contributed by atoms with Gasteiger partial charge in [0.05, 0.1) is 0 Å². The highest BCUT2D eigenvalue weighted by molar-refractivity contribution is 5.96. The van der Waals surface area contributed by atoms with Crippen LogP contribution in [-0.4, -0.2) is 18.6 Å². The smallest absolute Gasteiger partial charge is 0.269 e. The van der Waals surface area contributed by atoms with E-state index in [0.717, 1.165) is 12.3 Å². The molecule has 2 amide bonds. The molecule has 4 rings (SSSR count). The largest absolute Gasteiger partial charge is 0.454 e.